The van der Waals surface area contributed by atoms with Crippen molar-refractivity contribution in [2.24, 2.45) is 5.92 Å². The number of ether oxygens (including phenoxy) is 2. The van der Waals surface area contributed by atoms with E-state index in [0.717, 1.165) is 32.4 Å². The fourth-order valence-electron chi connectivity index (χ4n) is 4.06. The minimum Gasteiger partial charge on any atom is -0.454 e. The van der Waals surface area contributed by atoms with E-state index in [4.69, 9.17) is 9.47 Å². The van der Waals surface area contributed by atoms with Crippen LogP contribution in [0.15, 0.2) is 18.2 Å². The molecule has 0 aliphatic carbocycles. The Kier molecular flexibility index (Phi) is 4.27. The third-order valence-electron chi connectivity index (χ3n) is 5.39. The van der Waals surface area contributed by atoms with Gasteiger partial charge >= 0.3 is 0 Å². The van der Waals surface area contributed by atoms with Crippen molar-refractivity contribution in [3.05, 3.63) is 23.8 Å². The lowest BCUT2D eigenvalue weighted by Gasteiger charge is -2.35. The summed E-state index contributed by atoms with van der Waals surface area (Å²) < 4.78 is 10.7. The van der Waals surface area contributed by atoms with Crippen LogP contribution in [0.1, 0.15) is 43.0 Å². The van der Waals surface area contributed by atoms with Gasteiger partial charge in [0.15, 0.2) is 11.5 Å². The van der Waals surface area contributed by atoms with Crippen molar-refractivity contribution in [3.8, 4) is 11.5 Å². The lowest BCUT2D eigenvalue weighted by atomic mass is 9.99. The molecule has 0 aromatic heterocycles. The molecule has 1 aromatic carbocycles. The maximum Gasteiger partial charge on any atom is 0.254 e. The normalized spacial score (nSPS) is 25.3. The minimum atomic E-state index is -0.330. The van der Waals surface area contributed by atoms with Crippen LogP contribution < -0.4 is 9.47 Å². The van der Waals surface area contributed by atoms with Gasteiger partial charge in [0.25, 0.3) is 5.91 Å². The Hall–Kier alpha value is -2.24. The van der Waals surface area contributed by atoms with Crippen LogP contribution >= 0.6 is 0 Å². The summed E-state index contributed by atoms with van der Waals surface area (Å²) in [5, 5.41) is 0. The summed E-state index contributed by atoms with van der Waals surface area (Å²) >= 11 is 0. The molecule has 2 amide bonds. The van der Waals surface area contributed by atoms with Crippen LogP contribution in [0.4, 0.5) is 0 Å². The number of carbonyl (C=O) groups excluding carboxylic acids is 2. The number of amides is 2. The van der Waals surface area contributed by atoms with Gasteiger partial charge in [-0.1, -0.05) is 6.92 Å². The lowest BCUT2D eigenvalue weighted by molar-refractivity contribution is -0.137. The molecule has 3 aliphatic heterocycles. The molecule has 1 aromatic rings. The molecular weight excluding hydrogens is 320 g/mol. The van der Waals surface area contributed by atoms with Crippen LogP contribution in [0.5, 0.6) is 11.5 Å². The van der Waals surface area contributed by atoms with E-state index in [1.54, 1.807) is 23.1 Å². The summed E-state index contributed by atoms with van der Waals surface area (Å²) in [5.74, 6) is 1.81. The fourth-order valence-corrected chi connectivity index (χ4v) is 4.06. The topological polar surface area (TPSA) is 59.1 Å². The number of hydrogen-bond donors (Lipinski definition) is 0. The van der Waals surface area contributed by atoms with E-state index in [1.165, 1.54) is 6.42 Å². The highest BCUT2D eigenvalue weighted by molar-refractivity contribution is 5.98. The highest BCUT2D eigenvalue weighted by Gasteiger charge is 2.38. The Balaban J connectivity index is 1.50. The molecule has 0 bridgehead atoms. The number of likely N-dealkylation sites (tertiary alicyclic amines) is 2. The summed E-state index contributed by atoms with van der Waals surface area (Å²) in [7, 11) is 0. The van der Waals surface area contributed by atoms with Gasteiger partial charge in [0.1, 0.15) is 6.04 Å². The first-order chi connectivity index (χ1) is 12.1. The Morgan fingerprint density at radius 1 is 1.08 bits per heavy atom. The first-order valence-electron chi connectivity index (χ1n) is 9.13. The molecule has 2 fully saturated rings. The number of hydrogen-bond acceptors (Lipinski definition) is 4. The Labute approximate surface area is 147 Å². The zero-order valence-corrected chi connectivity index (χ0v) is 14.6. The molecule has 0 spiro atoms. The third kappa shape index (κ3) is 3.05. The number of carbonyl (C=O) groups is 2. The summed E-state index contributed by atoms with van der Waals surface area (Å²) in [6.07, 6.45) is 3.85. The second-order valence-corrected chi connectivity index (χ2v) is 7.26. The number of rotatable bonds is 2. The number of nitrogens with zero attached hydrogens (tertiary/aromatic N) is 2. The maximum atomic E-state index is 13.0. The summed E-state index contributed by atoms with van der Waals surface area (Å²) in [6.45, 7) is 4.62. The molecule has 2 saturated heterocycles. The number of fused-ring (bicyclic) bond motifs is 1. The molecule has 0 saturated carbocycles. The van der Waals surface area contributed by atoms with E-state index in [2.05, 4.69) is 6.92 Å². The third-order valence-corrected chi connectivity index (χ3v) is 5.39. The molecular formula is C19H24N2O4. The average Bonchev–Trinajstić information content (AvgIpc) is 3.29. The van der Waals surface area contributed by atoms with Gasteiger partial charge in [0.05, 0.1) is 0 Å². The van der Waals surface area contributed by atoms with E-state index in [0.29, 0.717) is 29.5 Å². The van der Waals surface area contributed by atoms with E-state index in [-0.39, 0.29) is 24.6 Å². The highest BCUT2D eigenvalue weighted by Crippen LogP contribution is 2.33. The van der Waals surface area contributed by atoms with E-state index < -0.39 is 0 Å². The van der Waals surface area contributed by atoms with Crippen molar-refractivity contribution in [3.63, 3.8) is 0 Å². The van der Waals surface area contributed by atoms with Crippen molar-refractivity contribution in [1.29, 1.82) is 0 Å². The standard InChI is InChI=1S/C19H24N2O4/c1-13-4-2-8-20(11-13)19(23)15-5-3-9-21(15)18(22)14-6-7-16-17(10-14)25-12-24-16/h6-7,10,13,15H,2-5,8-9,11-12H2,1H3. The van der Waals surface area contributed by atoms with Crippen LogP contribution in [0.2, 0.25) is 0 Å². The van der Waals surface area contributed by atoms with Crippen molar-refractivity contribution >= 4 is 11.8 Å². The Bertz CT molecular complexity index is 690. The largest absolute Gasteiger partial charge is 0.454 e. The van der Waals surface area contributed by atoms with Crippen molar-refractivity contribution in [2.75, 3.05) is 26.4 Å². The van der Waals surface area contributed by atoms with Crippen LogP contribution in [0, 0.1) is 5.92 Å². The Morgan fingerprint density at radius 2 is 1.88 bits per heavy atom. The second-order valence-electron chi connectivity index (χ2n) is 7.26. The van der Waals surface area contributed by atoms with Crippen molar-refractivity contribution < 1.29 is 19.1 Å². The maximum absolute atomic E-state index is 13.0. The van der Waals surface area contributed by atoms with Crippen LogP contribution in [0.3, 0.4) is 0 Å². The molecule has 3 heterocycles. The smallest absolute Gasteiger partial charge is 0.254 e. The quantitative estimate of drug-likeness (QED) is 0.826. The first kappa shape index (κ1) is 16.2. The predicted molar refractivity (Wildman–Crippen MR) is 91.6 cm³/mol. The van der Waals surface area contributed by atoms with Crippen LogP contribution in [-0.4, -0.2) is 54.1 Å². The van der Waals surface area contributed by atoms with Gasteiger partial charge in [-0.05, 0) is 49.8 Å². The predicted octanol–water partition coefficient (Wildman–Crippen LogP) is 2.28. The zero-order valence-electron chi connectivity index (χ0n) is 14.6. The summed E-state index contributed by atoms with van der Waals surface area (Å²) in [4.78, 5) is 29.6. The van der Waals surface area contributed by atoms with Gasteiger partial charge < -0.3 is 19.3 Å². The molecule has 4 rings (SSSR count). The molecule has 0 radical (unpaired) electrons. The van der Waals surface area contributed by atoms with Gasteiger partial charge in [-0.3, -0.25) is 9.59 Å². The molecule has 25 heavy (non-hydrogen) atoms. The van der Waals surface area contributed by atoms with Crippen molar-refractivity contribution in [1.82, 2.24) is 9.80 Å². The van der Waals surface area contributed by atoms with Gasteiger partial charge in [-0.2, -0.15) is 0 Å². The summed E-state index contributed by atoms with van der Waals surface area (Å²) in [6, 6.07) is 4.89. The Morgan fingerprint density at radius 3 is 2.72 bits per heavy atom. The molecule has 6 nitrogen and oxygen atoms in total. The van der Waals surface area contributed by atoms with Crippen LogP contribution in [0.25, 0.3) is 0 Å². The lowest BCUT2D eigenvalue weighted by Crippen LogP contribution is -2.50. The van der Waals surface area contributed by atoms with Gasteiger partial charge in [0.2, 0.25) is 12.7 Å². The SMILES string of the molecule is CC1CCCN(C(=O)C2CCCN2C(=O)c2ccc3c(c2)OCO3)C1. The molecule has 3 aliphatic rings. The fraction of sp³-hybridized carbons (Fsp3) is 0.579. The van der Waals surface area contributed by atoms with Gasteiger partial charge in [-0.25, -0.2) is 0 Å². The first-order valence-corrected chi connectivity index (χ1v) is 9.13. The number of piperidine rings is 1. The van der Waals surface area contributed by atoms with E-state index in [9.17, 15) is 9.59 Å². The molecule has 2 unspecified atom stereocenters. The number of benzene rings is 1. The van der Waals surface area contributed by atoms with Crippen LogP contribution in [-0.2, 0) is 4.79 Å². The monoisotopic (exact) mass is 344 g/mol. The molecule has 0 N–H and O–H groups in total. The molecule has 134 valence electrons. The zero-order chi connectivity index (χ0) is 17.4. The minimum absolute atomic E-state index is 0.0980. The summed E-state index contributed by atoms with van der Waals surface area (Å²) in [5.41, 5.74) is 0.552. The molecule has 6 heteroatoms. The van der Waals surface area contributed by atoms with Crippen molar-refractivity contribution in [2.45, 2.75) is 38.6 Å². The highest BCUT2D eigenvalue weighted by atomic mass is 16.7. The van der Waals surface area contributed by atoms with E-state index >= 15 is 0 Å². The van der Waals surface area contributed by atoms with Gasteiger partial charge in [0, 0.05) is 25.2 Å². The molecule has 2 atom stereocenters. The van der Waals surface area contributed by atoms with Gasteiger partial charge in [-0.15, -0.1) is 0 Å². The average molecular weight is 344 g/mol. The second kappa shape index (κ2) is 6.58. The van der Waals surface area contributed by atoms with E-state index in [1.807, 2.05) is 4.90 Å².